The third-order valence-electron chi connectivity index (χ3n) is 2.08. The van der Waals surface area contributed by atoms with Gasteiger partial charge in [-0.05, 0) is 40.3 Å². The van der Waals surface area contributed by atoms with E-state index in [2.05, 4.69) is 22.6 Å². The van der Waals surface area contributed by atoms with Crippen LogP contribution in [0.25, 0.3) is 0 Å². The summed E-state index contributed by atoms with van der Waals surface area (Å²) in [6, 6.07) is 7.80. The number of benzene rings is 1. The second kappa shape index (κ2) is 6.55. The molecule has 0 aliphatic rings. The first-order valence-corrected chi connectivity index (χ1v) is 6.08. The highest BCUT2D eigenvalue weighted by molar-refractivity contribution is 14.1. The summed E-state index contributed by atoms with van der Waals surface area (Å²) >= 11 is 2.21. The fourth-order valence-corrected chi connectivity index (χ4v) is 1.82. The Morgan fingerprint density at radius 3 is 1.94 bits per heavy atom. The molecule has 0 unspecified atom stereocenters. The molecule has 2 amide bonds. The topological polar surface area (TPSA) is 89.4 Å². The van der Waals surface area contributed by atoms with Crippen molar-refractivity contribution in [2.45, 2.75) is 6.54 Å². The van der Waals surface area contributed by atoms with Gasteiger partial charge in [-0.1, -0.05) is 12.1 Å². The highest BCUT2D eigenvalue weighted by Gasteiger charge is 2.11. The Labute approximate surface area is 113 Å². The van der Waals surface area contributed by atoms with E-state index >= 15 is 0 Å². The van der Waals surface area contributed by atoms with Gasteiger partial charge in [-0.3, -0.25) is 14.5 Å². The first-order valence-electron chi connectivity index (χ1n) is 5.01. The van der Waals surface area contributed by atoms with Crippen LogP contribution in [-0.4, -0.2) is 29.8 Å². The summed E-state index contributed by atoms with van der Waals surface area (Å²) in [5.74, 6) is -0.950. The number of primary amides is 2. The lowest BCUT2D eigenvalue weighted by molar-refractivity contribution is -0.122. The first-order chi connectivity index (χ1) is 7.97. The van der Waals surface area contributed by atoms with Crippen molar-refractivity contribution < 1.29 is 9.59 Å². The molecular weight excluding hydrogens is 333 g/mol. The zero-order valence-electron chi connectivity index (χ0n) is 9.23. The number of carbonyl (C=O) groups is 2. The van der Waals surface area contributed by atoms with E-state index in [9.17, 15) is 9.59 Å². The predicted octanol–water partition coefficient (Wildman–Crippen LogP) is 0.0638. The van der Waals surface area contributed by atoms with Crippen LogP contribution in [0, 0.1) is 3.57 Å². The minimum absolute atomic E-state index is 0.0227. The molecule has 0 aliphatic carbocycles. The van der Waals surface area contributed by atoms with Crippen molar-refractivity contribution in [3.05, 3.63) is 33.4 Å². The molecule has 0 saturated heterocycles. The lowest BCUT2D eigenvalue weighted by Gasteiger charge is -2.18. The van der Waals surface area contributed by atoms with Gasteiger partial charge in [-0.15, -0.1) is 0 Å². The second-order valence-electron chi connectivity index (χ2n) is 3.70. The van der Waals surface area contributed by atoms with E-state index in [0.29, 0.717) is 6.54 Å². The van der Waals surface area contributed by atoms with Gasteiger partial charge >= 0.3 is 0 Å². The Bertz CT molecular complexity index is 390. The minimum atomic E-state index is -0.475. The molecule has 17 heavy (non-hydrogen) atoms. The maximum atomic E-state index is 10.9. The molecule has 0 spiro atoms. The van der Waals surface area contributed by atoms with Gasteiger partial charge in [0.25, 0.3) is 0 Å². The Kier molecular flexibility index (Phi) is 5.36. The summed E-state index contributed by atoms with van der Waals surface area (Å²) in [5, 5.41) is 0. The second-order valence-corrected chi connectivity index (χ2v) is 4.95. The van der Waals surface area contributed by atoms with Crippen molar-refractivity contribution >= 4 is 34.4 Å². The summed E-state index contributed by atoms with van der Waals surface area (Å²) in [5.41, 5.74) is 11.2. The van der Waals surface area contributed by atoms with E-state index < -0.39 is 11.8 Å². The highest BCUT2D eigenvalue weighted by atomic mass is 127. The van der Waals surface area contributed by atoms with Crippen molar-refractivity contribution in [1.29, 1.82) is 0 Å². The summed E-state index contributed by atoms with van der Waals surface area (Å²) in [7, 11) is 0. The zero-order valence-corrected chi connectivity index (χ0v) is 11.4. The molecule has 0 saturated carbocycles. The average molecular weight is 347 g/mol. The smallest absolute Gasteiger partial charge is 0.231 e. The molecule has 0 heterocycles. The van der Waals surface area contributed by atoms with Gasteiger partial charge in [-0.25, -0.2) is 0 Å². The maximum absolute atomic E-state index is 10.9. The molecule has 0 radical (unpaired) electrons. The molecular formula is C11H14IN3O2. The van der Waals surface area contributed by atoms with Crippen LogP contribution in [0.4, 0.5) is 0 Å². The molecule has 92 valence electrons. The molecule has 0 atom stereocenters. The molecule has 5 nitrogen and oxygen atoms in total. The van der Waals surface area contributed by atoms with Gasteiger partial charge in [-0.2, -0.15) is 0 Å². The highest BCUT2D eigenvalue weighted by Crippen LogP contribution is 2.09. The van der Waals surface area contributed by atoms with E-state index in [0.717, 1.165) is 9.13 Å². The average Bonchev–Trinajstić information content (AvgIpc) is 2.19. The van der Waals surface area contributed by atoms with E-state index in [1.807, 2.05) is 24.3 Å². The van der Waals surface area contributed by atoms with E-state index in [1.165, 1.54) is 0 Å². The normalized spacial score (nSPS) is 10.5. The molecule has 4 N–H and O–H groups in total. The molecule has 0 fully saturated rings. The van der Waals surface area contributed by atoms with Crippen LogP contribution in [0.3, 0.4) is 0 Å². The fourth-order valence-electron chi connectivity index (χ4n) is 1.46. The Hall–Kier alpha value is -1.15. The standard InChI is InChI=1S/C11H14IN3O2/c12-9-3-1-8(2-4-9)5-15(6-10(13)16)7-11(14)17/h1-4H,5-7H2,(H2,13,16)(H2,14,17). The van der Waals surface area contributed by atoms with Gasteiger partial charge in [0.2, 0.25) is 11.8 Å². The van der Waals surface area contributed by atoms with Crippen molar-refractivity contribution in [3.8, 4) is 0 Å². The van der Waals surface area contributed by atoms with E-state index in [1.54, 1.807) is 4.90 Å². The monoisotopic (exact) mass is 347 g/mol. The van der Waals surface area contributed by atoms with Crippen LogP contribution < -0.4 is 11.5 Å². The van der Waals surface area contributed by atoms with Crippen LogP contribution >= 0.6 is 22.6 Å². The van der Waals surface area contributed by atoms with Crippen LogP contribution in [-0.2, 0) is 16.1 Å². The first kappa shape index (κ1) is 13.9. The van der Waals surface area contributed by atoms with Gasteiger partial charge in [0.05, 0.1) is 13.1 Å². The lowest BCUT2D eigenvalue weighted by Crippen LogP contribution is -2.39. The lowest BCUT2D eigenvalue weighted by atomic mass is 10.2. The number of amides is 2. The quantitative estimate of drug-likeness (QED) is 0.714. The molecule has 6 heteroatoms. The minimum Gasteiger partial charge on any atom is -0.369 e. The number of carbonyl (C=O) groups excluding carboxylic acids is 2. The molecule has 1 aromatic carbocycles. The molecule has 1 aromatic rings. The van der Waals surface area contributed by atoms with Crippen molar-refractivity contribution in [2.24, 2.45) is 11.5 Å². The molecule has 1 rings (SSSR count). The number of nitrogens with zero attached hydrogens (tertiary/aromatic N) is 1. The van der Waals surface area contributed by atoms with Crippen LogP contribution in [0.5, 0.6) is 0 Å². The fraction of sp³-hybridized carbons (Fsp3) is 0.273. The van der Waals surface area contributed by atoms with E-state index in [-0.39, 0.29) is 13.1 Å². The van der Waals surface area contributed by atoms with Crippen LogP contribution in [0.1, 0.15) is 5.56 Å². The zero-order chi connectivity index (χ0) is 12.8. The van der Waals surface area contributed by atoms with Crippen molar-refractivity contribution in [3.63, 3.8) is 0 Å². The van der Waals surface area contributed by atoms with Gasteiger partial charge in [0, 0.05) is 10.1 Å². The summed E-state index contributed by atoms with van der Waals surface area (Å²) < 4.78 is 1.13. The maximum Gasteiger partial charge on any atom is 0.231 e. The number of rotatable bonds is 6. The molecule has 0 aromatic heterocycles. The molecule has 0 aliphatic heterocycles. The molecule has 0 bridgehead atoms. The van der Waals surface area contributed by atoms with Crippen molar-refractivity contribution in [1.82, 2.24) is 4.90 Å². The summed E-state index contributed by atoms with van der Waals surface area (Å²) in [6.45, 7) is 0.520. The largest absolute Gasteiger partial charge is 0.369 e. The number of nitrogens with two attached hydrogens (primary N) is 2. The van der Waals surface area contributed by atoms with Gasteiger partial charge in [0.15, 0.2) is 0 Å². The Balaban J connectivity index is 2.67. The summed E-state index contributed by atoms with van der Waals surface area (Å²) in [6.07, 6.45) is 0. The van der Waals surface area contributed by atoms with E-state index in [4.69, 9.17) is 11.5 Å². The third kappa shape index (κ3) is 5.64. The number of hydrogen-bond acceptors (Lipinski definition) is 3. The van der Waals surface area contributed by atoms with Crippen molar-refractivity contribution in [2.75, 3.05) is 13.1 Å². The van der Waals surface area contributed by atoms with Crippen LogP contribution in [0.2, 0.25) is 0 Å². The number of hydrogen-bond donors (Lipinski definition) is 2. The predicted molar refractivity (Wildman–Crippen MR) is 72.8 cm³/mol. The third-order valence-corrected chi connectivity index (χ3v) is 2.80. The SMILES string of the molecule is NC(=O)CN(CC(N)=O)Cc1ccc(I)cc1. The van der Waals surface area contributed by atoms with Crippen LogP contribution in [0.15, 0.2) is 24.3 Å². The summed E-state index contributed by atoms with van der Waals surface area (Å²) in [4.78, 5) is 23.3. The Morgan fingerprint density at radius 2 is 1.53 bits per heavy atom. The number of halogens is 1. The van der Waals surface area contributed by atoms with Gasteiger partial charge in [0.1, 0.15) is 0 Å². The van der Waals surface area contributed by atoms with Gasteiger partial charge < -0.3 is 11.5 Å². The Morgan fingerprint density at radius 1 is 1.06 bits per heavy atom.